The Morgan fingerprint density at radius 3 is 2.38 bits per heavy atom. The van der Waals surface area contributed by atoms with E-state index in [0.29, 0.717) is 17.8 Å². The summed E-state index contributed by atoms with van der Waals surface area (Å²) in [6, 6.07) is 7.86. The van der Waals surface area contributed by atoms with Crippen molar-refractivity contribution in [3.63, 3.8) is 0 Å². The average Bonchev–Trinajstić information content (AvgIpc) is 2.95. The van der Waals surface area contributed by atoms with Gasteiger partial charge in [-0.15, -0.1) is 11.6 Å². The highest BCUT2D eigenvalue weighted by molar-refractivity contribution is 6.23. The summed E-state index contributed by atoms with van der Waals surface area (Å²) < 4.78 is 0. The molecular weight excluding hydrogens is 222 g/mol. The predicted octanol–water partition coefficient (Wildman–Crippen LogP) is 2.53. The topological polar surface area (TPSA) is 20.3 Å². The number of carbonyl (C=O) groups is 1. The van der Waals surface area contributed by atoms with Crippen LogP contribution in [0.15, 0.2) is 24.3 Å². The molecule has 2 unspecified atom stereocenters. The summed E-state index contributed by atoms with van der Waals surface area (Å²) in [5, 5.41) is 0.295. The summed E-state index contributed by atoms with van der Waals surface area (Å²) in [7, 11) is 3.79. The standard InChI is InChI=1S/C13H16ClNO/c1-15(2)8-13(16)10-5-3-9(4-6-10)11-7-12(11)14/h3-6,11-12H,7-8H2,1-2H3. The highest BCUT2D eigenvalue weighted by Gasteiger charge is 2.36. The van der Waals surface area contributed by atoms with E-state index < -0.39 is 0 Å². The first-order valence-corrected chi connectivity index (χ1v) is 5.93. The van der Waals surface area contributed by atoms with Crippen LogP contribution in [0.1, 0.15) is 28.3 Å². The highest BCUT2D eigenvalue weighted by Crippen LogP contribution is 2.45. The highest BCUT2D eigenvalue weighted by atomic mass is 35.5. The number of nitrogens with zero attached hydrogens (tertiary/aromatic N) is 1. The van der Waals surface area contributed by atoms with Gasteiger partial charge >= 0.3 is 0 Å². The van der Waals surface area contributed by atoms with Crippen molar-refractivity contribution in [2.45, 2.75) is 17.7 Å². The van der Waals surface area contributed by atoms with Crippen molar-refractivity contribution < 1.29 is 4.79 Å². The van der Waals surface area contributed by atoms with Gasteiger partial charge in [-0.2, -0.15) is 0 Å². The zero-order valence-corrected chi connectivity index (χ0v) is 10.4. The lowest BCUT2D eigenvalue weighted by atomic mass is 10.1. The molecule has 0 heterocycles. The number of halogens is 1. The molecule has 2 rings (SSSR count). The third-order valence-electron chi connectivity index (χ3n) is 2.83. The summed E-state index contributed by atoms with van der Waals surface area (Å²) in [5.41, 5.74) is 2.03. The molecule has 1 saturated carbocycles. The first kappa shape index (κ1) is 11.6. The fourth-order valence-electron chi connectivity index (χ4n) is 1.80. The van der Waals surface area contributed by atoms with Crippen LogP contribution in [0.25, 0.3) is 0 Å². The molecule has 3 heteroatoms. The lowest BCUT2D eigenvalue weighted by molar-refractivity contribution is 0.0958. The van der Waals surface area contributed by atoms with Crippen molar-refractivity contribution in [2.75, 3.05) is 20.6 Å². The summed E-state index contributed by atoms with van der Waals surface area (Å²) in [6.07, 6.45) is 1.06. The summed E-state index contributed by atoms with van der Waals surface area (Å²) in [6.45, 7) is 0.459. The first-order valence-electron chi connectivity index (χ1n) is 5.50. The Hall–Kier alpha value is -0.860. The van der Waals surface area contributed by atoms with Gasteiger partial charge in [0.2, 0.25) is 0 Å². The maximum absolute atomic E-state index is 11.7. The van der Waals surface area contributed by atoms with E-state index in [1.807, 2.05) is 43.3 Å². The fourth-order valence-corrected chi connectivity index (χ4v) is 2.14. The molecule has 0 amide bonds. The fraction of sp³-hybridized carbons (Fsp3) is 0.462. The van der Waals surface area contributed by atoms with Gasteiger partial charge in [0, 0.05) is 16.9 Å². The lowest BCUT2D eigenvalue weighted by Crippen LogP contribution is -2.21. The van der Waals surface area contributed by atoms with Gasteiger partial charge < -0.3 is 4.90 Å². The van der Waals surface area contributed by atoms with E-state index in [-0.39, 0.29) is 5.78 Å². The Bertz CT molecular complexity index is 385. The maximum atomic E-state index is 11.7. The van der Waals surface area contributed by atoms with Crippen LogP contribution in [0.2, 0.25) is 0 Å². The lowest BCUT2D eigenvalue weighted by Gasteiger charge is -2.08. The third-order valence-corrected chi connectivity index (χ3v) is 3.32. The van der Waals surface area contributed by atoms with Crippen LogP contribution >= 0.6 is 11.6 Å². The van der Waals surface area contributed by atoms with Gasteiger partial charge in [-0.05, 0) is 26.1 Å². The minimum Gasteiger partial charge on any atom is -0.302 e. The smallest absolute Gasteiger partial charge is 0.176 e. The molecule has 0 aliphatic heterocycles. The van der Waals surface area contributed by atoms with E-state index in [0.717, 1.165) is 12.0 Å². The second kappa shape index (κ2) is 4.56. The van der Waals surface area contributed by atoms with Crippen LogP contribution in [0.3, 0.4) is 0 Å². The van der Waals surface area contributed by atoms with Crippen molar-refractivity contribution in [3.05, 3.63) is 35.4 Å². The Morgan fingerprint density at radius 1 is 1.38 bits per heavy atom. The predicted molar refractivity (Wildman–Crippen MR) is 66.3 cm³/mol. The van der Waals surface area contributed by atoms with E-state index >= 15 is 0 Å². The van der Waals surface area contributed by atoms with Crippen LogP contribution in [0, 0.1) is 0 Å². The van der Waals surface area contributed by atoms with Gasteiger partial charge in [0.1, 0.15) is 0 Å². The number of hydrogen-bond donors (Lipinski definition) is 0. The van der Waals surface area contributed by atoms with Crippen molar-refractivity contribution >= 4 is 17.4 Å². The molecule has 0 radical (unpaired) electrons. The molecule has 16 heavy (non-hydrogen) atoms. The SMILES string of the molecule is CN(C)CC(=O)c1ccc(C2CC2Cl)cc1. The van der Waals surface area contributed by atoms with Crippen LogP contribution < -0.4 is 0 Å². The molecule has 86 valence electrons. The molecule has 0 saturated heterocycles. The van der Waals surface area contributed by atoms with Crippen LogP contribution in [0.5, 0.6) is 0 Å². The molecule has 1 fully saturated rings. The molecule has 1 aliphatic carbocycles. The quantitative estimate of drug-likeness (QED) is 0.593. The number of alkyl halides is 1. The van der Waals surface area contributed by atoms with Gasteiger partial charge in [-0.1, -0.05) is 24.3 Å². The Labute approximate surface area is 101 Å². The number of carbonyl (C=O) groups excluding carboxylic acids is 1. The monoisotopic (exact) mass is 237 g/mol. The van der Waals surface area contributed by atoms with Crippen LogP contribution in [-0.4, -0.2) is 36.7 Å². The maximum Gasteiger partial charge on any atom is 0.176 e. The van der Waals surface area contributed by atoms with E-state index in [4.69, 9.17) is 11.6 Å². The van der Waals surface area contributed by atoms with Gasteiger partial charge in [0.15, 0.2) is 5.78 Å². The average molecular weight is 238 g/mol. The van der Waals surface area contributed by atoms with E-state index in [1.165, 1.54) is 5.56 Å². The molecule has 0 spiro atoms. The largest absolute Gasteiger partial charge is 0.302 e. The summed E-state index contributed by atoms with van der Waals surface area (Å²) in [5.74, 6) is 0.662. The number of rotatable bonds is 4. The summed E-state index contributed by atoms with van der Waals surface area (Å²) >= 11 is 5.98. The Kier molecular flexibility index (Phi) is 3.31. The molecule has 0 bridgehead atoms. The van der Waals surface area contributed by atoms with Gasteiger partial charge in [-0.25, -0.2) is 0 Å². The van der Waals surface area contributed by atoms with Gasteiger partial charge in [0.05, 0.1) is 6.54 Å². The number of Topliss-reactive ketones (excluding diaryl/α,β-unsaturated/α-hetero) is 1. The van der Waals surface area contributed by atoms with Crippen molar-refractivity contribution in [1.82, 2.24) is 4.90 Å². The zero-order chi connectivity index (χ0) is 11.7. The number of benzene rings is 1. The van der Waals surface area contributed by atoms with Crippen molar-refractivity contribution in [3.8, 4) is 0 Å². The van der Waals surface area contributed by atoms with Crippen LogP contribution in [0.4, 0.5) is 0 Å². The number of ketones is 1. The molecule has 2 atom stereocenters. The Morgan fingerprint density at radius 2 is 1.94 bits per heavy atom. The molecule has 2 nitrogen and oxygen atoms in total. The second-order valence-electron chi connectivity index (χ2n) is 4.64. The normalized spacial score (nSPS) is 23.5. The number of likely N-dealkylation sites (N-methyl/N-ethyl adjacent to an activating group) is 1. The Balaban J connectivity index is 2.04. The van der Waals surface area contributed by atoms with Crippen LogP contribution in [-0.2, 0) is 0 Å². The van der Waals surface area contributed by atoms with Crippen molar-refractivity contribution in [1.29, 1.82) is 0 Å². The zero-order valence-electron chi connectivity index (χ0n) is 9.61. The minimum absolute atomic E-state index is 0.162. The van der Waals surface area contributed by atoms with E-state index in [2.05, 4.69) is 0 Å². The molecule has 0 N–H and O–H groups in total. The summed E-state index contributed by atoms with van der Waals surface area (Å²) in [4.78, 5) is 13.6. The first-order chi connectivity index (χ1) is 7.58. The van der Waals surface area contributed by atoms with Crippen molar-refractivity contribution in [2.24, 2.45) is 0 Å². The van der Waals surface area contributed by atoms with Gasteiger partial charge in [0.25, 0.3) is 0 Å². The molecule has 0 aromatic heterocycles. The minimum atomic E-state index is 0.162. The number of hydrogen-bond acceptors (Lipinski definition) is 2. The van der Waals surface area contributed by atoms with E-state index in [1.54, 1.807) is 0 Å². The molecule has 1 aromatic rings. The molecule has 1 aromatic carbocycles. The van der Waals surface area contributed by atoms with E-state index in [9.17, 15) is 4.79 Å². The molecular formula is C13H16ClNO. The molecule has 1 aliphatic rings. The van der Waals surface area contributed by atoms with Gasteiger partial charge in [-0.3, -0.25) is 4.79 Å². The second-order valence-corrected chi connectivity index (χ2v) is 5.20. The third kappa shape index (κ3) is 2.63.